The third kappa shape index (κ3) is 5.40. The SMILES string of the molecule is O=C(CNCC1CCS(=O)(=O)C1)NC1CCCCCC1. The lowest BCUT2D eigenvalue weighted by Gasteiger charge is -2.17. The molecule has 0 aromatic rings. The summed E-state index contributed by atoms with van der Waals surface area (Å²) < 4.78 is 22.7. The molecule has 1 saturated heterocycles. The second kappa shape index (κ2) is 7.41. The first kappa shape index (κ1) is 15.8. The summed E-state index contributed by atoms with van der Waals surface area (Å²) in [6, 6.07) is 0.332. The predicted octanol–water partition coefficient (Wildman–Crippen LogP) is 0.850. The van der Waals surface area contributed by atoms with Crippen molar-refractivity contribution in [2.75, 3.05) is 24.6 Å². The number of carbonyl (C=O) groups is 1. The van der Waals surface area contributed by atoms with Crippen LogP contribution in [0.5, 0.6) is 0 Å². The Morgan fingerprint density at radius 3 is 2.35 bits per heavy atom. The van der Waals surface area contributed by atoms with Crippen LogP contribution in [0.3, 0.4) is 0 Å². The summed E-state index contributed by atoms with van der Waals surface area (Å²) in [6.45, 7) is 0.921. The van der Waals surface area contributed by atoms with Crippen molar-refractivity contribution in [3.63, 3.8) is 0 Å². The number of sulfone groups is 1. The quantitative estimate of drug-likeness (QED) is 0.738. The van der Waals surface area contributed by atoms with E-state index in [2.05, 4.69) is 10.6 Å². The normalized spacial score (nSPS) is 27.1. The van der Waals surface area contributed by atoms with Crippen molar-refractivity contribution in [1.29, 1.82) is 0 Å². The van der Waals surface area contributed by atoms with E-state index in [1.165, 1.54) is 25.7 Å². The molecule has 5 nitrogen and oxygen atoms in total. The van der Waals surface area contributed by atoms with Crippen molar-refractivity contribution in [1.82, 2.24) is 10.6 Å². The third-order valence-electron chi connectivity index (χ3n) is 4.27. The third-order valence-corrected chi connectivity index (χ3v) is 6.10. The fourth-order valence-electron chi connectivity index (χ4n) is 3.13. The molecule has 1 unspecified atom stereocenters. The van der Waals surface area contributed by atoms with Gasteiger partial charge in [-0.3, -0.25) is 4.79 Å². The lowest BCUT2D eigenvalue weighted by atomic mass is 10.1. The molecular weight excluding hydrogens is 276 g/mol. The van der Waals surface area contributed by atoms with Gasteiger partial charge in [0.1, 0.15) is 0 Å². The first-order valence-electron chi connectivity index (χ1n) is 7.76. The van der Waals surface area contributed by atoms with Crippen LogP contribution in [0.4, 0.5) is 0 Å². The van der Waals surface area contributed by atoms with Crippen LogP contribution in [0.15, 0.2) is 0 Å². The van der Waals surface area contributed by atoms with Crippen molar-refractivity contribution >= 4 is 15.7 Å². The Hall–Kier alpha value is -0.620. The molecule has 0 spiro atoms. The Bertz CT molecular complexity index is 414. The molecule has 1 saturated carbocycles. The molecule has 20 heavy (non-hydrogen) atoms. The summed E-state index contributed by atoms with van der Waals surface area (Å²) in [5.41, 5.74) is 0. The first-order chi connectivity index (χ1) is 9.55. The monoisotopic (exact) mass is 302 g/mol. The number of nitrogens with one attached hydrogen (secondary N) is 2. The van der Waals surface area contributed by atoms with Crippen molar-refractivity contribution < 1.29 is 13.2 Å². The largest absolute Gasteiger partial charge is 0.352 e. The molecule has 6 heteroatoms. The van der Waals surface area contributed by atoms with E-state index in [0.29, 0.717) is 24.9 Å². The van der Waals surface area contributed by atoms with Crippen molar-refractivity contribution in [2.24, 2.45) is 5.92 Å². The molecule has 1 amide bonds. The second-order valence-corrected chi connectivity index (χ2v) is 8.38. The smallest absolute Gasteiger partial charge is 0.234 e. The fourth-order valence-corrected chi connectivity index (χ4v) is 4.99. The Kier molecular flexibility index (Phi) is 5.84. The Balaban J connectivity index is 1.60. The minimum atomic E-state index is -2.81. The van der Waals surface area contributed by atoms with Crippen LogP contribution in [0.2, 0.25) is 0 Å². The van der Waals surface area contributed by atoms with Crippen molar-refractivity contribution in [2.45, 2.75) is 51.0 Å². The summed E-state index contributed by atoms with van der Waals surface area (Å²) >= 11 is 0. The molecule has 1 aliphatic heterocycles. The van der Waals surface area contributed by atoms with E-state index in [0.717, 1.165) is 19.3 Å². The molecule has 116 valence electrons. The maximum absolute atomic E-state index is 11.8. The van der Waals surface area contributed by atoms with Crippen LogP contribution in [0.25, 0.3) is 0 Å². The first-order valence-corrected chi connectivity index (χ1v) is 9.58. The van der Waals surface area contributed by atoms with Gasteiger partial charge in [-0.1, -0.05) is 25.7 Å². The van der Waals surface area contributed by atoms with Crippen LogP contribution in [0, 0.1) is 5.92 Å². The van der Waals surface area contributed by atoms with Crippen LogP contribution < -0.4 is 10.6 Å². The van der Waals surface area contributed by atoms with Crippen molar-refractivity contribution in [3.05, 3.63) is 0 Å². The topological polar surface area (TPSA) is 75.3 Å². The van der Waals surface area contributed by atoms with E-state index < -0.39 is 9.84 Å². The van der Waals surface area contributed by atoms with Gasteiger partial charge >= 0.3 is 0 Å². The van der Waals surface area contributed by atoms with Gasteiger partial charge in [0.2, 0.25) is 5.91 Å². The maximum Gasteiger partial charge on any atom is 0.234 e. The summed E-state index contributed by atoms with van der Waals surface area (Å²) in [7, 11) is -2.81. The summed E-state index contributed by atoms with van der Waals surface area (Å²) in [5, 5.41) is 6.17. The lowest BCUT2D eigenvalue weighted by Crippen LogP contribution is -2.41. The van der Waals surface area contributed by atoms with Gasteiger partial charge in [-0.15, -0.1) is 0 Å². The number of amides is 1. The minimum absolute atomic E-state index is 0.0396. The lowest BCUT2D eigenvalue weighted by molar-refractivity contribution is -0.121. The highest BCUT2D eigenvalue weighted by Gasteiger charge is 2.27. The van der Waals surface area contributed by atoms with Gasteiger partial charge < -0.3 is 10.6 Å². The molecular formula is C14H26N2O3S. The Morgan fingerprint density at radius 2 is 1.75 bits per heavy atom. The highest BCUT2D eigenvalue weighted by atomic mass is 32.2. The maximum atomic E-state index is 11.8. The highest BCUT2D eigenvalue weighted by Crippen LogP contribution is 2.18. The average molecular weight is 302 g/mol. The molecule has 0 aromatic heterocycles. The van der Waals surface area contributed by atoms with Gasteiger partial charge in [0, 0.05) is 6.04 Å². The zero-order valence-corrected chi connectivity index (χ0v) is 12.9. The summed E-state index contributed by atoms with van der Waals surface area (Å²) in [5.74, 6) is 0.779. The van der Waals surface area contributed by atoms with E-state index in [-0.39, 0.29) is 17.6 Å². The standard InChI is InChI=1S/C14H26N2O3S/c17-14(16-13-5-3-1-2-4-6-13)10-15-9-12-7-8-20(18,19)11-12/h12-13,15H,1-11H2,(H,16,17). The Morgan fingerprint density at radius 1 is 1.05 bits per heavy atom. The molecule has 0 bridgehead atoms. The molecule has 1 heterocycles. The van der Waals surface area contributed by atoms with E-state index in [4.69, 9.17) is 0 Å². The van der Waals surface area contributed by atoms with Crippen LogP contribution in [-0.4, -0.2) is 45.0 Å². The fraction of sp³-hybridized carbons (Fsp3) is 0.929. The zero-order chi connectivity index (χ0) is 14.4. The van der Waals surface area contributed by atoms with Crippen LogP contribution in [0.1, 0.15) is 44.9 Å². The molecule has 2 fully saturated rings. The number of hydrogen-bond donors (Lipinski definition) is 2. The molecule has 2 aliphatic rings. The van der Waals surface area contributed by atoms with Gasteiger partial charge in [0.05, 0.1) is 18.1 Å². The molecule has 2 N–H and O–H groups in total. The molecule has 0 radical (unpaired) electrons. The number of hydrogen-bond acceptors (Lipinski definition) is 4. The summed E-state index contributed by atoms with van der Waals surface area (Å²) in [4.78, 5) is 11.8. The van der Waals surface area contributed by atoms with E-state index in [1.54, 1.807) is 0 Å². The highest BCUT2D eigenvalue weighted by molar-refractivity contribution is 7.91. The minimum Gasteiger partial charge on any atom is -0.352 e. The molecule has 1 atom stereocenters. The second-order valence-electron chi connectivity index (χ2n) is 6.16. The molecule has 2 rings (SSSR count). The van der Waals surface area contributed by atoms with Gasteiger partial charge in [0.15, 0.2) is 9.84 Å². The zero-order valence-electron chi connectivity index (χ0n) is 12.1. The number of rotatable bonds is 5. The van der Waals surface area contributed by atoms with E-state index in [1.807, 2.05) is 0 Å². The van der Waals surface area contributed by atoms with Gasteiger partial charge in [-0.2, -0.15) is 0 Å². The van der Waals surface area contributed by atoms with E-state index in [9.17, 15) is 13.2 Å². The molecule has 0 aromatic carbocycles. The van der Waals surface area contributed by atoms with Gasteiger partial charge in [-0.25, -0.2) is 8.42 Å². The van der Waals surface area contributed by atoms with Gasteiger partial charge in [0.25, 0.3) is 0 Å². The summed E-state index contributed by atoms with van der Waals surface area (Å²) in [6.07, 6.45) is 7.87. The molecule has 1 aliphatic carbocycles. The number of carbonyl (C=O) groups excluding carboxylic acids is 1. The average Bonchev–Trinajstić information content (AvgIpc) is 2.60. The predicted molar refractivity (Wildman–Crippen MR) is 79.3 cm³/mol. The Labute approximate surface area is 121 Å². The van der Waals surface area contributed by atoms with Gasteiger partial charge in [-0.05, 0) is 31.7 Å². The van der Waals surface area contributed by atoms with E-state index >= 15 is 0 Å². The van der Waals surface area contributed by atoms with Crippen LogP contribution >= 0.6 is 0 Å². The van der Waals surface area contributed by atoms with Crippen molar-refractivity contribution in [3.8, 4) is 0 Å². The van der Waals surface area contributed by atoms with Crippen LogP contribution in [-0.2, 0) is 14.6 Å².